The second kappa shape index (κ2) is 8.23. The monoisotopic (exact) mass is 218 g/mol. The molecule has 1 heteroatoms. The summed E-state index contributed by atoms with van der Waals surface area (Å²) in [5.74, 6) is 0. The normalized spacial score (nSPS) is 17.0. The number of hydrogen-bond donors (Lipinski definition) is 0. The van der Waals surface area contributed by atoms with Crippen LogP contribution in [0, 0.1) is 18.8 Å². The molecule has 0 bridgehead atoms. The van der Waals surface area contributed by atoms with Crippen LogP contribution in [0.25, 0.3) is 0 Å². The predicted octanol–water partition coefficient (Wildman–Crippen LogP) is 4.02. The summed E-state index contributed by atoms with van der Waals surface area (Å²) in [5, 5.41) is 0. The molecule has 1 fully saturated rings. The van der Waals surface area contributed by atoms with Crippen molar-refractivity contribution in [2.45, 2.75) is 52.9 Å². The Kier molecular flexibility index (Phi) is 10.4. The van der Waals surface area contributed by atoms with Crippen LogP contribution in [0.2, 0.25) is 0 Å². The smallest absolute Gasteiger partial charge is 0.338 e. The van der Waals surface area contributed by atoms with Gasteiger partial charge in [0.15, 0.2) is 0 Å². The Morgan fingerprint density at radius 2 is 1.33 bits per heavy atom. The summed E-state index contributed by atoms with van der Waals surface area (Å²) >= 11 is 0. The fraction of sp³-hybridized carbons (Fsp3) is 0.818. The van der Waals surface area contributed by atoms with Gasteiger partial charge >= 0.3 is 19.5 Å². The molecule has 1 rings (SSSR count). The summed E-state index contributed by atoms with van der Waals surface area (Å²) in [7, 11) is 0. The van der Waals surface area contributed by atoms with Crippen molar-refractivity contribution in [3.8, 4) is 0 Å². The quantitative estimate of drug-likeness (QED) is 0.427. The van der Waals surface area contributed by atoms with Gasteiger partial charge < -0.3 is 13.3 Å². The zero-order chi connectivity index (χ0) is 8.74. The minimum absolute atomic E-state index is 0. The molecular formula is C11H22Zn. The van der Waals surface area contributed by atoms with Crippen LogP contribution in [0.15, 0.2) is 0 Å². The summed E-state index contributed by atoms with van der Waals surface area (Å²) in [4.78, 5) is 0. The van der Waals surface area contributed by atoms with Gasteiger partial charge in [0, 0.05) is 0 Å². The van der Waals surface area contributed by atoms with Crippen LogP contribution in [-0.4, -0.2) is 0 Å². The van der Waals surface area contributed by atoms with Crippen molar-refractivity contribution in [2.24, 2.45) is 5.41 Å². The molecule has 0 nitrogen and oxygen atoms in total. The maximum absolute atomic E-state index is 3.77. The van der Waals surface area contributed by atoms with Crippen LogP contribution in [0.4, 0.5) is 0 Å². The first-order valence-electron chi connectivity index (χ1n) is 4.67. The molecule has 0 heterocycles. The van der Waals surface area contributed by atoms with Crippen molar-refractivity contribution in [3.05, 3.63) is 13.3 Å². The largest absolute Gasteiger partial charge is 2.00 e. The summed E-state index contributed by atoms with van der Waals surface area (Å²) in [5.41, 5.74) is 0.250. The Labute approximate surface area is 91.3 Å². The van der Waals surface area contributed by atoms with E-state index in [0.717, 1.165) is 0 Å². The first-order valence-corrected chi connectivity index (χ1v) is 4.67. The molecule has 0 atom stereocenters. The first-order chi connectivity index (χ1) is 5.00. The SMILES string of the molecule is [CH-]1CCCCC1.[CH2-]C(C)(C)C.[Zn+2]. The molecule has 0 spiro atoms. The molecule has 0 unspecified atom stereocenters. The van der Waals surface area contributed by atoms with Gasteiger partial charge in [-0.15, -0.1) is 0 Å². The van der Waals surface area contributed by atoms with E-state index in [1.54, 1.807) is 0 Å². The first kappa shape index (κ1) is 15.1. The molecule has 0 aromatic heterocycles. The van der Waals surface area contributed by atoms with Crippen molar-refractivity contribution < 1.29 is 19.5 Å². The Morgan fingerprint density at radius 3 is 1.42 bits per heavy atom. The molecule has 0 radical (unpaired) electrons. The number of rotatable bonds is 0. The van der Waals surface area contributed by atoms with Crippen molar-refractivity contribution in [1.29, 1.82) is 0 Å². The Balaban J connectivity index is 0. The molecule has 1 aliphatic carbocycles. The van der Waals surface area contributed by atoms with Crippen LogP contribution < -0.4 is 0 Å². The molecule has 0 aromatic rings. The van der Waals surface area contributed by atoms with Crippen molar-refractivity contribution in [3.63, 3.8) is 0 Å². The van der Waals surface area contributed by atoms with E-state index in [-0.39, 0.29) is 24.9 Å². The van der Waals surface area contributed by atoms with E-state index in [0.29, 0.717) is 0 Å². The second-order valence-electron chi connectivity index (χ2n) is 4.49. The molecule has 0 amide bonds. The van der Waals surface area contributed by atoms with Gasteiger partial charge in [0.25, 0.3) is 0 Å². The van der Waals surface area contributed by atoms with E-state index < -0.39 is 0 Å². The van der Waals surface area contributed by atoms with E-state index >= 15 is 0 Å². The Bertz CT molecular complexity index is 60.0. The third-order valence-electron chi connectivity index (χ3n) is 1.32. The zero-order valence-corrected chi connectivity index (χ0v) is 12.0. The number of hydrogen-bond acceptors (Lipinski definition) is 0. The molecule has 1 saturated carbocycles. The standard InChI is InChI=1S/C6H11.C5H11.Zn/c1-2-4-6-5-3-1;1-5(2,3)4;/h1H,2-6H2;1H2,2-4H3;/q2*-1;+2. The van der Waals surface area contributed by atoms with Crippen LogP contribution in [0.3, 0.4) is 0 Å². The average Bonchev–Trinajstić information content (AvgIpc) is 1.88. The van der Waals surface area contributed by atoms with Gasteiger partial charge in [0.1, 0.15) is 0 Å². The van der Waals surface area contributed by atoms with Crippen LogP contribution >= 0.6 is 0 Å². The maximum Gasteiger partial charge on any atom is 2.00 e. The van der Waals surface area contributed by atoms with Crippen LogP contribution in [0.5, 0.6) is 0 Å². The van der Waals surface area contributed by atoms with Gasteiger partial charge in [-0.2, -0.15) is 18.3 Å². The van der Waals surface area contributed by atoms with Gasteiger partial charge in [-0.3, -0.25) is 0 Å². The van der Waals surface area contributed by atoms with E-state index in [9.17, 15) is 0 Å². The van der Waals surface area contributed by atoms with Gasteiger partial charge in [-0.25, -0.2) is 0 Å². The van der Waals surface area contributed by atoms with Crippen molar-refractivity contribution in [2.75, 3.05) is 0 Å². The molecule has 0 N–H and O–H groups in total. The van der Waals surface area contributed by atoms with E-state index in [4.69, 9.17) is 0 Å². The van der Waals surface area contributed by atoms with E-state index in [2.05, 4.69) is 34.1 Å². The van der Waals surface area contributed by atoms with E-state index in [1.807, 2.05) is 0 Å². The summed E-state index contributed by atoms with van der Waals surface area (Å²) in [6.07, 6.45) is 9.50. The van der Waals surface area contributed by atoms with E-state index in [1.165, 1.54) is 32.1 Å². The fourth-order valence-electron chi connectivity index (χ4n) is 0.898. The molecule has 68 valence electrons. The molecular weight excluding hydrogens is 198 g/mol. The van der Waals surface area contributed by atoms with Gasteiger partial charge in [0.2, 0.25) is 0 Å². The van der Waals surface area contributed by atoms with Crippen LogP contribution in [0.1, 0.15) is 52.9 Å². The third kappa shape index (κ3) is 22.4. The minimum atomic E-state index is 0. The van der Waals surface area contributed by atoms with Gasteiger partial charge in [0.05, 0.1) is 0 Å². The molecule has 0 aliphatic heterocycles. The van der Waals surface area contributed by atoms with Crippen molar-refractivity contribution in [1.82, 2.24) is 0 Å². The van der Waals surface area contributed by atoms with Gasteiger partial charge in [-0.05, 0) is 0 Å². The zero-order valence-electron chi connectivity index (χ0n) is 9.03. The molecule has 0 saturated heterocycles. The molecule has 0 aromatic carbocycles. The second-order valence-corrected chi connectivity index (χ2v) is 4.49. The predicted molar refractivity (Wildman–Crippen MR) is 52.2 cm³/mol. The summed E-state index contributed by atoms with van der Waals surface area (Å²) in [6.45, 7) is 10.0. The summed E-state index contributed by atoms with van der Waals surface area (Å²) in [6, 6.07) is 0. The minimum Gasteiger partial charge on any atom is -0.338 e. The fourth-order valence-corrected chi connectivity index (χ4v) is 0.898. The maximum atomic E-state index is 3.77. The van der Waals surface area contributed by atoms with Crippen LogP contribution in [-0.2, 0) is 19.5 Å². The van der Waals surface area contributed by atoms with Gasteiger partial charge in [-0.1, -0.05) is 40.0 Å². The average molecular weight is 220 g/mol. The molecule has 1 aliphatic rings. The topological polar surface area (TPSA) is 0 Å². The Morgan fingerprint density at radius 1 is 1.00 bits per heavy atom. The Hall–Kier alpha value is 0.623. The summed E-state index contributed by atoms with van der Waals surface area (Å²) < 4.78 is 0. The molecule has 12 heavy (non-hydrogen) atoms. The van der Waals surface area contributed by atoms with Crippen molar-refractivity contribution >= 4 is 0 Å². The third-order valence-corrected chi connectivity index (χ3v) is 1.32.